The molecule has 0 bridgehead atoms. The van der Waals surface area contributed by atoms with E-state index >= 15 is 0 Å². The molecule has 0 aromatic carbocycles. The number of aromatic amines is 1. The molecule has 2 heterocycles. The van der Waals surface area contributed by atoms with Gasteiger partial charge in [-0.1, -0.05) is 19.9 Å². The number of ether oxygens (including phenoxy) is 1. The summed E-state index contributed by atoms with van der Waals surface area (Å²) < 4.78 is 7.93. The standard InChI is InChI=1S/C13H19N3OS2/c1-13(2,6-7-17-3)9-16-11(14-15-12(16)18)10-5-4-8-19-10/h4-5,8H,6-7,9H2,1-3H3,(H,15,18). The quantitative estimate of drug-likeness (QED) is 0.826. The summed E-state index contributed by atoms with van der Waals surface area (Å²) in [6, 6.07) is 4.09. The van der Waals surface area contributed by atoms with Gasteiger partial charge in [0.2, 0.25) is 0 Å². The van der Waals surface area contributed by atoms with E-state index in [1.807, 2.05) is 11.4 Å². The summed E-state index contributed by atoms with van der Waals surface area (Å²) in [6.07, 6.45) is 0.986. The van der Waals surface area contributed by atoms with E-state index in [2.05, 4.69) is 34.7 Å². The number of nitrogens with one attached hydrogen (secondary N) is 1. The molecule has 0 atom stereocenters. The highest BCUT2D eigenvalue weighted by Gasteiger charge is 2.21. The molecule has 0 spiro atoms. The number of hydrogen-bond donors (Lipinski definition) is 1. The van der Waals surface area contributed by atoms with Crippen LogP contribution in [-0.4, -0.2) is 28.5 Å². The van der Waals surface area contributed by atoms with Crippen LogP contribution in [0.15, 0.2) is 17.5 Å². The minimum Gasteiger partial charge on any atom is -0.385 e. The summed E-state index contributed by atoms with van der Waals surface area (Å²) in [7, 11) is 1.73. The summed E-state index contributed by atoms with van der Waals surface area (Å²) in [5.74, 6) is 0.922. The number of aromatic nitrogens is 3. The van der Waals surface area contributed by atoms with Gasteiger partial charge >= 0.3 is 0 Å². The molecular formula is C13H19N3OS2. The highest BCUT2D eigenvalue weighted by molar-refractivity contribution is 7.71. The zero-order chi connectivity index (χ0) is 13.9. The van der Waals surface area contributed by atoms with Gasteiger partial charge in [-0.3, -0.25) is 9.67 Å². The first-order valence-corrected chi connectivity index (χ1v) is 7.50. The average molecular weight is 297 g/mol. The van der Waals surface area contributed by atoms with Crippen molar-refractivity contribution in [3.63, 3.8) is 0 Å². The number of hydrogen-bond acceptors (Lipinski definition) is 4. The third-order valence-electron chi connectivity index (χ3n) is 3.07. The lowest BCUT2D eigenvalue weighted by Gasteiger charge is -2.25. The summed E-state index contributed by atoms with van der Waals surface area (Å²) in [4.78, 5) is 1.13. The highest BCUT2D eigenvalue weighted by Crippen LogP contribution is 2.28. The monoisotopic (exact) mass is 297 g/mol. The van der Waals surface area contributed by atoms with Crippen molar-refractivity contribution in [3.05, 3.63) is 22.3 Å². The second-order valence-electron chi connectivity index (χ2n) is 5.32. The normalized spacial score (nSPS) is 11.9. The van der Waals surface area contributed by atoms with Gasteiger partial charge in [-0.05, 0) is 35.5 Å². The molecule has 0 saturated heterocycles. The molecular weight excluding hydrogens is 278 g/mol. The molecule has 4 nitrogen and oxygen atoms in total. The Labute approximate surface area is 122 Å². The molecule has 6 heteroatoms. The smallest absolute Gasteiger partial charge is 0.195 e. The largest absolute Gasteiger partial charge is 0.385 e. The van der Waals surface area contributed by atoms with Crippen molar-refractivity contribution < 1.29 is 4.74 Å². The Morgan fingerprint density at radius 2 is 2.32 bits per heavy atom. The summed E-state index contributed by atoms with van der Waals surface area (Å²) >= 11 is 7.02. The van der Waals surface area contributed by atoms with Gasteiger partial charge in [-0.15, -0.1) is 11.3 Å². The summed E-state index contributed by atoms with van der Waals surface area (Å²) in [5.41, 5.74) is 0.115. The third kappa shape index (κ3) is 3.52. The topological polar surface area (TPSA) is 42.8 Å². The van der Waals surface area contributed by atoms with Gasteiger partial charge in [-0.2, -0.15) is 5.10 Å². The minimum atomic E-state index is 0.115. The molecule has 2 aromatic rings. The lowest BCUT2D eigenvalue weighted by Crippen LogP contribution is -2.22. The molecule has 19 heavy (non-hydrogen) atoms. The Morgan fingerprint density at radius 3 is 2.95 bits per heavy atom. The zero-order valence-electron chi connectivity index (χ0n) is 11.5. The van der Waals surface area contributed by atoms with Crippen LogP contribution in [0, 0.1) is 10.2 Å². The maximum absolute atomic E-state index is 5.35. The van der Waals surface area contributed by atoms with Crippen LogP contribution in [0.4, 0.5) is 0 Å². The first kappa shape index (κ1) is 14.4. The number of rotatable bonds is 6. The van der Waals surface area contributed by atoms with E-state index < -0.39 is 0 Å². The molecule has 0 amide bonds. The number of thiophene rings is 1. The van der Waals surface area contributed by atoms with Gasteiger partial charge in [-0.25, -0.2) is 0 Å². The SMILES string of the molecule is COCCC(C)(C)Cn1c(-c2cccs2)n[nH]c1=S. The molecule has 104 valence electrons. The molecule has 2 rings (SSSR count). The Morgan fingerprint density at radius 1 is 1.53 bits per heavy atom. The molecule has 0 aliphatic rings. The first-order valence-electron chi connectivity index (χ1n) is 6.21. The van der Waals surface area contributed by atoms with E-state index in [4.69, 9.17) is 17.0 Å². The maximum Gasteiger partial charge on any atom is 0.195 e. The first-order chi connectivity index (χ1) is 9.03. The van der Waals surface area contributed by atoms with Crippen LogP contribution in [0.1, 0.15) is 20.3 Å². The van der Waals surface area contributed by atoms with E-state index in [1.165, 1.54) is 0 Å². The lowest BCUT2D eigenvalue weighted by molar-refractivity contribution is 0.142. The molecule has 0 unspecified atom stereocenters. The van der Waals surface area contributed by atoms with Crippen LogP contribution >= 0.6 is 23.6 Å². The second kappa shape index (κ2) is 5.98. The Kier molecular flexibility index (Phi) is 4.54. The fraction of sp³-hybridized carbons (Fsp3) is 0.538. The van der Waals surface area contributed by atoms with Crippen LogP contribution in [0.3, 0.4) is 0 Å². The third-order valence-corrected chi connectivity index (χ3v) is 4.25. The van der Waals surface area contributed by atoms with Gasteiger partial charge in [0.15, 0.2) is 10.6 Å². The molecule has 0 radical (unpaired) electrons. The molecule has 0 saturated carbocycles. The van der Waals surface area contributed by atoms with Gasteiger partial charge in [0.1, 0.15) is 0 Å². The molecule has 1 N–H and O–H groups in total. The minimum absolute atomic E-state index is 0.115. The van der Waals surface area contributed by atoms with E-state index in [-0.39, 0.29) is 5.41 Å². The fourth-order valence-electron chi connectivity index (χ4n) is 1.94. The van der Waals surface area contributed by atoms with Crippen molar-refractivity contribution in [1.82, 2.24) is 14.8 Å². The van der Waals surface area contributed by atoms with Gasteiger partial charge < -0.3 is 4.74 Å². The molecule has 0 fully saturated rings. The number of H-pyrrole nitrogens is 1. The van der Waals surface area contributed by atoms with Crippen LogP contribution in [0.2, 0.25) is 0 Å². The van der Waals surface area contributed by atoms with Crippen molar-refractivity contribution in [3.8, 4) is 10.7 Å². The number of nitrogens with zero attached hydrogens (tertiary/aromatic N) is 2. The highest BCUT2D eigenvalue weighted by atomic mass is 32.1. The maximum atomic E-state index is 5.35. The van der Waals surface area contributed by atoms with Crippen LogP contribution in [-0.2, 0) is 11.3 Å². The van der Waals surface area contributed by atoms with Gasteiger partial charge in [0.25, 0.3) is 0 Å². The Hall–Kier alpha value is -0.980. The van der Waals surface area contributed by atoms with Crippen molar-refractivity contribution in [1.29, 1.82) is 0 Å². The van der Waals surface area contributed by atoms with Crippen molar-refractivity contribution in [2.75, 3.05) is 13.7 Å². The average Bonchev–Trinajstić information content (AvgIpc) is 2.98. The van der Waals surface area contributed by atoms with Crippen LogP contribution in [0.5, 0.6) is 0 Å². The predicted octanol–water partition coefficient (Wildman–Crippen LogP) is 3.73. The van der Waals surface area contributed by atoms with Crippen molar-refractivity contribution >= 4 is 23.6 Å². The van der Waals surface area contributed by atoms with Gasteiger partial charge in [0, 0.05) is 20.3 Å². The zero-order valence-corrected chi connectivity index (χ0v) is 13.1. The molecule has 0 aliphatic heterocycles. The fourth-order valence-corrected chi connectivity index (χ4v) is 2.86. The molecule has 2 aromatic heterocycles. The van der Waals surface area contributed by atoms with Crippen molar-refractivity contribution in [2.45, 2.75) is 26.8 Å². The van der Waals surface area contributed by atoms with E-state index in [0.717, 1.165) is 30.3 Å². The van der Waals surface area contributed by atoms with Gasteiger partial charge in [0.05, 0.1) is 4.88 Å². The summed E-state index contributed by atoms with van der Waals surface area (Å²) in [6.45, 7) is 6.03. The van der Waals surface area contributed by atoms with E-state index in [0.29, 0.717) is 4.77 Å². The lowest BCUT2D eigenvalue weighted by atomic mass is 9.89. The van der Waals surface area contributed by atoms with E-state index in [9.17, 15) is 0 Å². The van der Waals surface area contributed by atoms with E-state index in [1.54, 1.807) is 18.4 Å². The van der Waals surface area contributed by atoms with Crippen LogP contribution < -0.4 is 0 Å². The Bertz CT molecular complexity index is 569. The number of methoxy groups -OCH3 is 1. The molecule has 0 aliphatic carbocycles. The predicted molar refractivity (Wildman–Crippen MR) is 81.0 cm³/mol. The second-order valence-corrected chi connectivity index (χ2v) is 6.66. The summed E-state index contributed by atoms with van der Waals surface area (Å²) in [5, 5.41) is 9.29. The van der Waals surface area contributed by atoms with Crippen molar-refractivity contribution in [2.24, 2.45) is 5.41 Å². The van der Waals surface area contributed by atoms with Crippen LogP contribution in [0.25, 0.3) is 10.7 Å². The Balaban J connectivity index is 2.25.